The fourth-order valence-corrected chi connectivity index (χ4v) is 4.08. The molecule has 1 aromatic rings. The third kappa shape index (κ3) is 3.66. The first kappa shape index (κ1) is 16.6. The maximum Gasteiger partial charge on any atom is 0.262 e. The number of β-amino-alcohol motifs (C(OH)–C–C–N with tert-alkyl or cyclic N) is 1. The zero-order valence-corrected chi connectivity index (χ0v) is 14.6. The Bertz CT molecular complexity index is 642. The second-order valence-corrected chi connectivity index (χ2v) is 7.17. The smallest absolute Gasteiger partial charge is 0.262 e. The Morgan fingerprint density at radius 1 is 1.35 bits per heavy atom. The van der Waals surface area contributed by atoms with Crippen molar-refractivity contribution in [3.05, 3.63) is 33.8 Å². The summed E-state index contributed by atoms with van der Waals surface area (Å²) in [5.41, 5.74) is 1.87. The van der Waals surface area contributed by atoms with Crippen molar-refractivity contribution in [3.63, 3.8) is 0 Å². The molecule has 2 N–H and O–H groups in total. The van der Waals surface area contributed by atoms with Crippen LogP contribution in [0.4, 0.5) is 5.69 Å². The molecule has 2 aliphatic rings. The predicted molar refractivity (Wildman–Crippen MR) is 93.7 cm³/mol. The van der Waals surface area contributed by atoms with Gasteiger partial charge in [-0.15, -0.1) is 0 Å². The highest BCUT2D eigenvalue weighted by Gasteiger charge is 2.28. The summed E-state index contributed by atoms with van der Waals surface area (Å²) in [7, 11) is 0. The number of anilines is 1. The Morgan fingerprint density at radius 3 is 2.78 bits per heavy atom. The summed E-state index contributed by atoms with van der Waals surface area (Å²) in [6.45, 7) is 5.76. The van der Waals surface area contributed by atoms with E-state index in [1.807, 2.05) is 30.0 Å². The first-order valence-corrected chi connectivity index (χ1v) is 8.85. The number of nitrogens with one attached hydrogen (secondary N) is 1. The van der Waals surface area contributed by atoms with Crippen molar-refractivity contribution in [1.29, 1.82) is 0 Å². The number of carbonyl (C=O) groups is 1. The van der Waals surface area contributed by atoms with Crippen molar-refractivity contribution < 1.29 is 9.90 Å². The standard InChI is InChI=1S/C16H20ClN3O2S/c1-11-15(23-14-10-12(17)2-3-13(14)18-11)16(22)20-6-4-19(5-7-20)8-9-21/h2-3,10,18,21H,4-9H2,1H3. The van der Waals surface area contributed by atoms with Crippen molar-refractivity contribution >= 4 is 35.0 Å². The first-order valence-electron chi connectivity index (χ1n) is 7.66. The molecule has 1 fully saturated rings. The van der Waals surface area contributed by atoms with Crippen LogP contribution in [0.2, 0.25) is 5.02 Å². The van der Waals surface area contributed by atoms with Crippen LogP contribution in [0.3, 0.4) is 0 Å². The van der Waals surface area contributed by atoms with Gasteiger partial charge in [0.2, 0.25) is 0 Å². The Labute approximate surface area is 145 Å². The number of aliphatic hydroxyl groups is 1. The molecule has 0 aromatic heterocycles. The van der Waals surface area contributed by atoms with E-state index in [9.17, 15) is 4.79 Å². The van der Waals surface area contributed by atoms with Gasteiger partial charge in [0.25, 0.3) is 5.91 Å². The van der Waals surface area contributed by atoms with Crippen LogP contribution in [-0.4, -0.2) is 60.1 Å². The molecular weight excluding hydrogens is 334 g/mol. The Kier molecular flexibility index (Phi) is 5.16. The molecule has 0 spiro atoms. The number of carbonyl (C=O) groups excluding carboxylic acids is 1. The second-order valence-electron chi connectivity index (χ2n) is 5.68. The minimum atomic E-state index is 0.0641. The number of fused-ring (bicyclic) bond motifs is 1. The largest absolute Gasteiger partial charge is 0.395 e. The van der Waals surface area contributed by atoms with E-state index in [-0.39, 0.29) is 12.5 Å². The van der Waals surface area contributed by atoms with Crippen molar-refractivity contribution in [2.24, 2.45) is 0 Å². The molecule has 2 aliphatic heterocycles. The maximum absolute atomic E-state index is 12.8. The van der Waals surface area contributed by atoms with Crippen LogP contribution in [0.1, 0.15) is 6.92 Å². The number of benzene rings is 1. The molecule has 0 aliphatic carbocycles. The molecule has 5 nitrogen and oxygen atoms in total. The Morgan fingerprint density at radius 2 is 2.09 bits per heavy atom. The lowest BCUT2D eigenvalue weighted by Crippen LogP contribution is -2.49. The van der Waals surface area contributed by atoms with Crippen LogP contribution in [0, 0.1) is 0 Å². The van der Waals surface area contributed by atoms with E-state index in [1.54, 1.807) is 0 Å². The number of piperazine rings is 1. The van der Waals surface area contributed by atoms with Crippen molar-refractivity contribution in [2.45, 2.75) is 11.8 Å². The third-order valence-electron chi connectivity index (χ3n) is 4.09. The fraction of sp³-hybridized carbons (Fsp3) is 0.438. The van der Waals surface area contributed by atoms with Gasteiger partial charge in [-0.3, -0.25) is 9.69 Å². The zero-order chi connectivity index (χ0) is 16.4. The summed E-state index contributed by atoms with van der Waals surface area (Å²) >= 11 is 7.54. The van der Waals surface area contributed by atoms with Crippen LogP contribution in [0.15, 0.2) is 33.7 Å². The summed E-state index contributed by atoms with van der Waals surface area (Å²) in [5.74, 6) is 0.0641. The van der Waals surface area contributed by atoms with E-state index >= 15 is 0 Å². The number of rotatable bonds is 3. The Hall–Kier alpha value is -1.21. The lowest BCUT2D eigenvalue weighted by molar-refractivity contribution is -0.128. The lowest BCUT2D eigenvalue weighted by Gasteiger charge is -2.35. The van der Waals surface area contributed by atoms with Gasteiger partial charge in [-0.2, -0.15) is 0 Å². The lowest BCUT2D eigenvalue weighted by atomic mass is 10.2. The van der Waals surface area contributed by atoms with E-state index in [2.05, 4.69) is 10.2 Å². The average molecular weight is 354 g/mol. The van der Waals surface area contributed by atoms with Gasteiger partial charge in [0, 0.05) is 48.3 Å². The SMILES string of the molecule is CC1=C(C(=O)N2CCN(CCO)CC2)Sc2cc(Cl)ccc2N1. The molecule has 1 aromatic carbocycles. The number of thioether (sulfide) groups is 1. The number of nitrogens with zero attached hydrogens (tertiary/aromatic N) is 2. The molecule has 0 saturated carbocycles. The molecule has 1 amide bonds. The summed E-state index contributed by atoms with van der Waals surface area (Å²) < 4.78 is 0. The van der Waals surface area contributed by atoms with E-state index in [4.69, 9.17) is 16.7 Å². The molecule has 0 bridgehead atoms. The maximum atomic E-state index is 12.8. The molecule has 124 valence electrons. The minimum Gasteiger partial charge on any atom is -0.395 e. The van der Waals surface area contributed by atoms with Gasteiger partial charge in [0.15, 0.2) is 0 Å². The average Bonchev–Trinajstić information content (AvgIpc) is 2.55. The first-order chi connectivity index (χ1) is 11.1. The predicted octanol–water partition coefficient (Wildman–Crippen LogP) is 2.23. The van der Waals surface area contributed by atoms with Gasteiger partial charge in [0.05, 0.1) is 17.2 Å². The van der Waals surface area contributed by atoms with Crippen LogP contribution in [0.25, 0.3) is 0 Å². The van der Waals surface area contributed by atoms with Crippen molar-refractivity contribution in [2.75, 3.05) is 44.6 Å². The number of hydrogen-bond acceptors (Lipinski definition) is 5. The van der Waals surface area contributed by atoms with E-state index in [0.29, 0.717) is 24.7 Å². The summed E-state index contributed by atoms with van der Waals surface area (Å²) in [4.78, 5) is 18.6. The molecule has 2 heterocycles. The molecule has 1 saturated heterocycles. The zero-order valence-electron chi connectivity index (χ0n) is 13.0. The van der Waals surface area contributed by atoms with Gasteiger partial charge in [-0.25, -0.2) is 0 Å². The van der Waals surface area contributed by atoms with E-state index < -0.39 is 0 Å². The highest BCUT2D eigenvalue weighted by Crippen LogP contribution is 2.41. The number of halogens is 1. The topological polar surface area (TPSA) is 55.8 Å². The molecule has 3 rings (SSSR count). The molecule has 7 heteroatoms. The molecule has 0 unspecified atom stereocenters. The normalized spacial score (nSPS) is 18.7. The van der Waals surface area contributed by atoms with Crippen molar-refractivity contribution in [1.82, 2.24) is 9.80 Å². The van der Waals surface area contributed by atoms with Gasteiger partial charge < -0.3 is 15.3 Å². The van der Waals surface area contributed by atoms with Crippen LogP contribution in [-0.2, 0) is 4.79 Å². The highest BCUT2D eigenvalue weighted by molar-refractivity contribution is 8.04. The Balaban J connectivity index is 1.70. The van der Waals surface area contributed by atoms with Gasteiger partial charge in [0.1, 0.15) is 0 Å². The summed E-state index contributed by atoms with van der Waals surface area (Å²) in [6, 6.07) is 5.66. The monoisotopic (exact) mass is 353 g/mol. The van der Waals surface area contributed by atoms with Crippen LogP contribution in [0.5, 0.6) is 0 Å². The second kappa shape index (κ2) is 7.13. The van der Waals surface area contributed by atoms with Crippen LogP contribution < -0.4 is 5.32 Å². The van der Waals surface area contributed by atoms with Gasteiger partial charge in [-0.1, -0.05) is 23.4 Å². The van der Waals surface area contributed by atoms with Gasteiger partial charge >= 0.3 is 0 Å². The van der Waals surface area contributed by atoms with Crippen LogP contribution >= 0.6 is 23.4 Å². The number of hydrogen-bond donors (Lipinski definition) is 2. The molecule has 0 radical (unpaired) electrons. The molecular formula is C16H20ClN3O2S. The van der Waals surface area contributed by atoms with E-state index in [0.717, 1.165) is 34.3 Å². The van der Waals surface area contributed by atoms with Gasteiger partial charge in [-0.05, 0) is 25.1 Å². The quantitative estimate of drug-likeness (QED) is 0.872. The third-order valence-corrected chi connectivity index (χ3v) is 5.57. The molecule has 0 atom stereocenters. The van der Waals surface area contributed by atoms with Crippen molar-refractivity contribution in [3.8, 4) is 0 Å². The highest BCUT2D eigenvalue weighted by atomic mass is 35.5. The van der Waals surface area contributed by atoms with E-state index in [1.165, 1.54) is 11.8 Å². The summed E-state index contributed by atoms with van der Waals surface area (Å²) in [6.07, 6.45) is 0. The summed E-state index contributed by atoms with van der Waals surface area (Å²) in [5, 5.41) is 13.0. The number of allylic oxidation sites excluding steroid dienone is 1. The molecule has 23 heavy (non-hydrogen) atoms. The minimum absolute atomic E-state index is 0.0641. The number of aliphatic hydroxyl groups excluding tert-OH is 1. The number of amides is 1. The fourth-order valence-electron chi connectivity index (χ4n) is 2.79.